The SMILES string of the molecule is Cc1ccc(-c2ccc(-c3ccc(-c4ccc(-c5ccccc5)cc4)cc3)cc2)cc1. The second-order valence-electron chi connectivity index (χ2n) is 7.96. The maximum absolute atomic E-state index is 2.21. The zero-order chi connectivity index (χ0) is 21.0. The van der Waals surface area contributed by atoms with E-state index < -0.39 is 0 Å². The Balaban J connectivity index is 1.34. The molecule has 0 heterocycles. The summed E-state index contributed by atoms with van der Waals surface area (Å²) in [4.78, 5) is 0. The fraction of sp³-hybridized carbons (Fsp3) is 0.0323. The quantitative estimate of drug-likeness (QED) is 0.285. The van der Waals surface area contributed by atoms with Crippen molar-refractivity contribution < 1.29 is 0 Å². The monoisotopic (exact) mass is 396 g/mol. The number of hydrogen-bond donors (Lipinski definition) is 0. The van der Waals surface area contributed by atoms with Crippen LogP contribution in [0.25, 0.3) is 44.5 Å². The molecule has 0 aliphatic heterocycles. The Labute approximate surface area is 184 Å². The molecule has 5 aromatic rings. The highest BCUT2D eigenvalue weighted by Gasteiger charge is 2.03. The van der Waals surface area contributed by atoms with E-state index in [1.165, 1.54) is 50.1 Å². The lowest BCUT2D eigenvalue weighted by Crippen LogP contribution is -1.83. The van der Waals surface area contributed by atoms with Crippen molar-refractivity contribution in [1.82, 2.24) is 0 Å². The van der Waals surface area contributed by atoms with Crippen LogP contribution in [0, 0.1) is 6.92 Å². The second kappa shape index (κ2) is 8.45. The summed E-state index contributed by atoms with van der Waals surface area (Å²) in [5, 5.41) is 0. The molecule has 0 radical (unpaired) electrons. The van der Waals surface area contributed by atoms with Gasteiger partial charge in [-0.05, 0) is 51.4 Å². The summed E-state index contributed by atoms with van der Waals surface area (Å²) in [6.07, 6.45) is 0. The first-order valence-corrected chi connectivity index (χ1v) is 10.7. The maximum atomic E-state index is 2.21. The van der Waals surface area contributed by atoms with E-state index in [4.69, 9.17) is 0 Å². The molecule has 0 saturated carbocycles. The summed E-state index contributed by atoms with van der Waals surface area (Å²) in [6, 6.07) is 45.6. The molecule has 0 spiro atoms. The standard InChI is InChI=1S/C31H24/c1-23-7-9-25(10-8-23)27-15-17-29(18-16-27)31-21-19-30(20-22-31)28-13-11-26(12-14-28)24-5-3-2-4-6-24/h2-22H,1H3. The maximum Gasteiger partial charge on any atom is -0.0184 e. The van der Waals surface area contributed by atoms with Gasteiger partial charge in [0.1, 0.15) is 0 Å². The zero-order valence-electron chi connectivity index (χ0n) is 17.6. The van der Waals surface area contributed by atoms with E-state index in [0.717, 1.165) is 0 Å². The summed E-state index contributed by atoms with van der Waals surface area (Å²) in [5.74, 6) is 0. The van der Waals surface area contributed by atoms with E-state index in [0.29, 0.717) is 0 Å². The molecule has 0 fully saturated rings. The third-order valence-electron chi connectivity index (χ3n) is 5.81. The third kappa shape index (κ3) is 4.20. The lowest BCUT2D eigenvalue weighted by molar-refractivity contribution is 1.47. The Kier molecular flexibility index (Phi) is 5.21. The molecule has 0 aliphatic carbocycles. The normalized spacial score (nSPS) is 10.7. The van der Waals surface area contributed by atoms with E-state index in [9.17, 15) is 0 Å². The molecule has 148 valence electrons. The molecule has 0 saturated heterocycles. The first-order chi connectivity index (χ1) is 15.3. The smallest absolute Gasteiger partial charge is 0.0184 e. The van der Waals surface area contributed by atoms with Crippen molar-refractivity contribution in [2.24, 2.45) is 0 Å². The lowest BCUT2D eigenvalue weighted by Gasteiger charge is -2.08. The molecule has 31 heavy (non-hydrogen) atoms. The molecule has 0 bridgehead atoms. The Morgan fingerprint density at radius 2 is 0.484 bits per heavy atom. The Hall–Kier alpha value is -3.90. The van der Waals surface area contributed by atoms with E-state index in [-0.39, 0.29) is 0 Å². The molecule has 0 nitrogen and oxygen atoms in total. The summed E-state index contributed by atoms with van der Waals surface area (Å²) < 4.78 is 0. The molecule has 0 unspecified atom stereocenters. The first-order valence-electron chi connectivity index (χ1n) is 10.7. The van der Waals surface area contributed by atoms with Gasteiger partial charge in [-0.15, -0.1) is 0 Å². The van der Waals surface area contributed by atoms with Crippen LogP contribution in [0.2, 0.25) is 0 Å². The largest absolute Gasteiger partial charge is 0.0622 e. The highest BCUT2D eigenvalue weighted by atomic mass is 14.1. The molecule has 0 heteroatoms. The van der Waals surface area contributed by atoms with E-state index in [1.807, 2.05) is 0 Å². The Morgan fingerprint density at radius 3 is 0.774 bits per heavy atom. The number of rotatable bonds is 4. The van der Waals surface area contributed by atoms with Crippen molar-refractivity contribution in [2.45, 2.75) is 6.92 Å². The van der Waals surface area contributed by atoms with Crippen molar-refractivity contribution in [1.29, 1.82) is 0 Å². The van der Waals surface area contributed by atoms with Crippen LogP contribution >= 0.6 is 0 Å². The molecule has 5 rings (SSSR count). The van der Waals surface area contributed by atoms with Gasteiger partial charge in [-0.2, -0.15) is 0 Å². The van der Waals surface area contributed by atoms with Crippen molar-refractivity contribution in [3.63, 3.8) is 0 Å². The van der Waals surface area contributed by atoms with Crippen molar-refractivity contribution >= 4 is 0 Å². The lowest BCUT2D eigenvalue weighted by atomic mass is 9.97. The molecular formula is C31H24. The van der Waals surface area contributed by atoms with Crippen LogP contribution in [0.15, 0.2) is 127 Å². The predicted molar refractivity (Wildman–Crippen MR) is 133 cm³/mol. The molecule has 0 aliphatic rings. The minimum Gasteiger partial charge on any atom is -0.0622 e. The van der Waals surface area contributed by atoms with Gasteiger partial charge in [0, 0.05) is 0 Å². The van der Waals surface area contributed by atoms with E-state index in [2.05, 4.69) is 134 Å². The minimum absolute atomic E-state index is 1.24. The fourth-order valence-electron chi connectivity index (χ4n) is 3.94. The average Bonchev–Trinajstić information content (AvgIpc) is 2.85. The van der Waals surface area contributed by atoms with Crippen LogP contribution in [-0.4, -0.2) is 0 Å². The van der Waals surface area contributed by atoms with Crippen LogP contribution in [0.3, 0.4) is 0 Å². The van der Waals surface area contributed by atoms with Gasteiger partial charge in [-0.25, -0.2) is 0 Å². The van der Waals surface area contributed by atoms with Gasteiger partial charge in [0.25, 0.3) is 0 Å². The Bertz CT molecular complexity index is 1260. The van der Waals surface area contributed by atoms with Crippen LogP contribution in [0.4, 0.5) is 0 Å². The molecule has 0 N–H and O–H groups in total. The van der Waals surface area contributed by atoms with Gasteiger partial charge in [0.2, 0.25) is 0 Å². The Morgan fingerprint density at radius 1 is 0.258 bits per heavy atom. The molecule has 0 aromatic heterocycles. The summed E-state index contributed by atoms with van der Waals surface area (Å²) in [6.45, 7) is 2.12. The highest BCUT2D eigenvalue weighted by Crippen LogP contribution is 2.29. The van der Waals surface area contributed by atoms with Gasteiger partial charge < -0.3 is 0 Å². The first kappa shape index (κ1) is 19.1. The predicted octanol–water partition coefficient (Wildman–Crippen LogP) is 8.66. The van der Waals surface area contributed by atoms with Gasteiger partial charge in [-0.1, -0.05) is 133 Å². The van der Waals surface area contributed by atoms with E-state index in [1.54, 1.807) is 0 Å². The molecule has 0 atom stereocenters. The number of hydrogen-bond acceptors (Lipinski definition) is 0. The van der Waals surface area contributed by atoms with Gasteiger partial charge >= 0.3 is 0 Å². The summed E-state index contributed by atoms with van der Waals surface area (Å²) >= 11 is 0. The van der Waals surface area contributed by atoms with E-state index >= 15 is 0 Å². The summed E-state index contributed by atoms with van der Waals surface area (Å²) in [7, 11) is 0. The average molecular weight is 397 g/mol. The van der Waals surface area contributed by atoms with Crippen molar-refractivity contribution in [2.75, 3.05) is 0 Å². The number of benzene rings is 5. The van der Waals surface area contributed by atoms with Gasteiger partial charge in [-0.3, -0.25) is 0 Å². The van der Waals surface area contributed by atoms with Crippen molar-refractivity contribution in [3.8, 4) is 44.5 Å². The third-order valence-corrected chi connectivity index (χ3v) is 5.81. The number of aryl methyl sites for hydroxylation is 1. The molecular weight excluding hydrogens is 372 g/mol. The van der Waals surface area contributed by atoms with Gasteiger partial charge in [0.05, 0.1) is 0 Å². The van der Waals surface area contributed by atoms with Gasteiger partial charge in [0.15, 0.2) is 0 Å². The topological polar surface area (TPSA) is 0 Å². The minimum atomic E-state index is 1.24. The summed E-state index contributed by atoms with van der Waals surface area (Å²) in [5.41, 5.74) is 11.2. The van der Waals surface area contributed by atoms with Crippen LogP contribution in [-0.2, 0) is 0 Å². The second-order valence-corrected chi connectivity index (χ2v) is 7.96. The fourth-order valence-corrected chi connectivity index (χ4v) is 3.94. The zero-order valence-corrected chi connectivity index (χ0v) is 17.6. The van der Waals surface area contributed by atoms with Crippen LogP contribution in [0.1, 0.15) is 5.56 Å². The van der Waals surface area contributed by atoms with Crippen LogP contribution in [0.5, 0.6) is 0 Å². The van der Waals surface area contributed by atoms with Crippen molar-refractivity contribution in [3.05, 3.63) is 133 Å². The molecule has 0 amide bonds. The van der Waals surface area contributed by atoms with Crippen LogP contribution < -0.4 is 0 Å². The molecule has 5 aromatic carbocycles. The highest BCUT2D eigenvalue weighted by molar-refractivity contribution is 5.74.